The molecule has 0 amide bonds. The van der Waals surface area contributed by atoms with Crippen LogP contribution in [0.1, 0.15) is 0 Å². The number of carboxylic acids is 1. The Labute approximate surface area is 123 Å². The van der Waals surface area contributed by atoms with E-state index < -0.39 is 16.9 Å². The van der Waals surface area contributed by atoms with Crippen LogP contribution in [0.25, 0.3) is 10.2 Å². The molecule has 1 atom stereocenters. The lowest BCUT2D eigenvalue weighted by molar-refractivity contribution is -0.384. The number of carboxylic acid groups (broad SMARTS) is 1. The molecule has 0 aliphatic carbocycles. The van der Waals surface area contributed by atoms with Gasteiger partial charge in [-0.3, -0.25) is 14.9 Å². The highest BCUT2D eigenvalue weighted by molar-refractivity contribution is 7.22. The average Bonchev–Trinajstić information content (AvgIpc) is 2.90. The number of hydrogen-bond acceptors (Lipinski definition) is 7. The molecular weight excluding hydrogens is 296 g/mol. The number of nitrogens with one attached hydrogen (secondary N) is 1. The van der Waals surface area contributed by atoms with E-state index in [1.165, 1.54) is 23.5 Å². The van der Waals surface area contributed by atoms with Gasteiger partial charge in [0.2, 0.25) is 0 Å². The normalized spacial score (nSPS) is 18.9. The second-order valence-electron chi connectivity index (χ2n) is 4.70. The molecule has 110 valence electrons. The van der Waals surface area contributed by atoms with Crippen LogP contribution in [0.3, 0.4) is 0 Å². The van der Waals surface area contributed by atoms with E-state index in [0.717, 1.165) is 4.70 Å². The molecule has 1 fully saturated rings. The zero-order chi connectivity index (χ0) is 15.0. The SMILES string of the molecule is O=C(O)C1CN(c2nc3cc([N+](=O)[O-])ccc3s2)CCN1. The van der Waals surface area contributed by atoms with Crippen LogP contribution in [0.2, 0.25) is 0 Å². The molecule has 0 bridgehead atoms. The molecule has 0 radical (unpaired) electrons. The Bertz CT molecular complexity index is 716. The quantitative estimate of drug-likeness (QED) is 0.644. The van der Waals surface area contributed by atoms with Gasteiger partial charge >= 0.3 is 5.97 Å². The molecule has 1 unspecified atom stereocenters. The zero-order valence-corrected chi connectivity index (χ0v) is 11.7. The Morgan fingerprint density at radius 1 is 1.57 bits per heavy atom. The number of nitrogens with zero attached hydrogens (tertiary/aromatic N) is 3. The fourth-order valence-corrected chi connectivity index (χ4v) is 3.22. The molecule has 0 spiro atoms. The molecule has 2 heterocycles. The highest BCUT2D eigenvalue weighted by atomic mass is 32.1. The molecular formula is C12H12N4O4S. The van der Waals surface area contributed by atoms with Gasteiger partial charge in [-0.05, 0) is 6.07 Å². The lowest BCUT2D eigenvalue weighted by Crippen LogP contribution is -2.54. The van der Waals surface area contributed by atoms with Gasteiger partial charge in [-0.25, -0.2) is 4.98 Å². The number of aliphatic carboxylic acids is 1. The van der Waals surface area contributed by atoms with Crippen LogP contribution in [-0.2, 0) is 4.79 Å². The van der Waals surface area contributed by atoms with Crippen LogP contribution in [-0.4, -0.2) is 46.7 Å². The summed E-state index contributed by atoms with van der Waals surface area (Å²) >= 11 is 1.41. The van der Waals surface area contributed by atoms with Crippen molar-refractivity contribution in [1.29, 1.82) is 0 Å². The van der Waals surface area contributed by atoms with Crippen LogP contribution in [0, 0.1) is 10.1 Å². The van der Waals surface area contributed by atoms with Crippen LogP contribution >= 0.6 is 11.3 Å². The number of fused-ring (bicyclic) bond motifs is 1. The number of non-ortho nitro benzene ring substituents is 1. The third-order valence-corrected chi connectivity index (χ3v) is 4.41. The number of aromatic nitrogens is 1. The molecule has 9 heteroatoms. The first-order valence-corrected chi connectivity index (χ1v) is 7.12. The van der Waals surface area contributed by atoms with Crippen molar-refractivity contribution in [1.82, 2.24) is 10.3 Å². The Kier molecular flexibility index (Phi) is 3.43. The van der Waals surface area contributed by atoms with E-state index in [1.54, 1.807) is 6.07 Å². The summed E-state index contributed by atoms with van der Waals surface area (Å²) in [4.78, 5) is 27.6. The van der Waals surface area contributed by atoms with E-state index in [9.17, 15) is 14.9 Å². The fourth-order valence-electron chi connectivity index (χ4n) is 2.24. The first kappa shape index (κ1) is 13.7. The smallest absolute Gasteiger partial charge is 0.322 e. The topological polar surface area (TPSA) is 109 Å². The molecule has 2 N–H and O–H groups in total. The molecule has 0 saturated carbocycles. The van der Waals surface area contributed by atoms with Gasteiger partial charge < -0.3 is 15.3 Å². The van der Waals surface area contributed by atoms with Gasteiger partial charge in [-0.1, -0.05) is 11.3 Å². The van der Waals surface area contributed by atoms with E-state index in [-0.39, 0.29) is 5.69 Å². The van der Waals surface area contributed by atoms with Gasteiger partial charge in [0.1, 0.15) is 6.04 Å². The standard InChI is InChI=1S/C12H12N4O4S/c17-11(18)9-6-15(4-3-13-9)12-14-8-5-7(16(19)20)1-2-10(8)21-12/h1-2,5,9,13H,3-4,6H2,(H,17,18). The van der Waals surface area contributed by atoms with E-state index >= 15 is 0 Å². The summed E-state index contributed by atoms with van der Waals surface area (Å²) in [6.07, 6.45) is 0. The molecule has 1 saturated heterocycles. The van der Waals surface area contributed by atoms with Crippen molar-refractivity contribution < 1.29 is 14.8 Å². The van der Waals surface area contributed by atoms with E-state index in [0.29, 0.717) is 30.3 Å². The molecule has 3 rings (SSSR count). The van der Waals surface area contributed by atoms with Gasteiger partial charge in [0, 0.05) is 31.8 Å². The first-order valence-electron chi connectivity index (χ1n) is 6.31. The van der Waals surface area contributed by atoms with Crippen molar-refractivity contribution in [3.8, 4) is 0 Å². The number of thiazole rings is 1. The van der Waals surface area contributed by atoms with Gasteiger partial charge in [-0.2, -0.15) is 0 Å². The van der Waals surface area contributed by atoms with Crippen LogP contribution < -0.4 is 10.2 Å². The van der Waals surface area contributed by atoms with Crippen molar-refractivity contribution in [3.63, 3.8) is 0 Å². The minimum Gasteiger partial charge on any atom is -0.480 e. The lowest BCUT2D eigenvalue weighted by Gasteiger charge is -2.31. The van der Waals surface area contributed by atoms with Crippen LogP contribution in [0.4, 0.5) is 10.8 Å². The van der Waals surface area contributed by atoms with Crippen molar-refractivity contribution in [2.75, 3.05) is 24.5 Å². The van der Waals surface area contributed by atoms with Gasteiger partial charge in [0.15, 0.2) is 5.13 Å². The predicted molar refractivity (Wildman–Crippen MR) is 77.9 cm³/mol. The van der Waals surface area contributed by atoms with Crippen molar-refractivity contribution >= 4 is 38.3 Å². The largest absolute Gasteiger partial charge is 0.480 e. The highest BCUT2D eigenvalue weighted by Crippen LogP contribution is 2.31. The third kappa shape index (κ3) is 2.65. The summed E-state index contributed by atoms with van der Waals surface area (Å²) in [5, 5.41) is 23.4. The third-order valence-electron chi connectivity index (χ3n) is 3.31. The second-order valence-corrected chi connectivity index (χ2v) is 5.71. The summed E-state index contributed by atoms with van der Waals surface area (Å²) in [5.41, 5.74) is 0.567. The highest BCUT2D eigenvalue weighted by Gasteiger charge is 2.26. The van der Waals surface area contributed by atoms with Crippen LogP contribution in [0.5, 0.6) is 0 Å². The summed E-state index contributed by atoms with van der Waals surface area (Å²) in [5.74, 6) is -0.892. The minimum atomic E-state index is -0.892. The van der Waals surface area contributed by atoms with Crippen molar-refractivity contribution in [2.45, 2.75) is 6.04 Å². The number of hydrogen-bond donors (Lipinski definition) is 2. The number of piperazine rings is 1. The average molecular weight is 308 g/mol. The molecule has 21 heavy (non-hydrogen) atoms. The molecule has 2 aromatic rings. The van der Waals surface area contributed by atoms with Gasteiger partial charge in [0.25, 0.3) is 5.69 Å². The Morgan fingerprint density at radius 3 is 3.10 bits per heavy atom. The van der Waals surface area contributed by atoms with E-state index in [2.05, 4.69) is 10.3 Å². The maximum atomic E-state index is 11.0. The molecule has 1 aromatic heterocycles. The maximum absolute atomic E-state index is 11.0. The molecule has 8 nitrogen and oxygen atoms in total. The Hall–Kier alpha value is -2.26. The van der Waals surface area contributed by atoms with Gasteiger partial charge in [-0.15, -0.1) is 0 Å². The summed E-state index contributed by atoms with van der Waals surface area (Å²) in [7, 11) is 0. The number of anilines is 1. The van der Waals surface area contributed by atoms with Crippen molar-refractivity contribution in [2.24, 2.45) is 0 Å². The summed E-state index contributed by atoms with van der Waals surface area (Å²) in [6.45, 7) is 1.55. The first-order chi connectivity index (χ1) is 10.0. The number of rotatable bonds is 3. The van der Waals surface area contributed by atoms with Gasteiger partial charge in [0.05, 0.1) is 15.1 Å². The molecule has 1 aliphatic rings. The van der Waals surface area contributed by atoms with Crippen molar-refractivity contribution in [3.05, 3.63) is 28.3 Å². The van der Waals surface area contributed by atoms with E-state index in [1.807, 2.05) is 4.90 Å². The Morgan fingerprint density at radius 2 is 2.38 bits per heavy atom. The zero-order valence-electron chi connectivity index (χ0n) is 10.9. The molecule has 1 aromatic carbocycles. The summed E-state index contributed by atoms with van der Waals surface area (Å²) < 4.78 is 0.848. The minimum absolute atomic E-state index is 0.00285. The lowest BCUT2D eigenvalue weighted by atomic mass is 10.2. The van der Waals surface area contributed by atoms with E-state index in [4.69, 9.17) is 5.11 Å². The second kappa shape index (κ2) is 5.26. The monoisotopic (exact) mass is 308 g/mol. The number of nitro groups is 1. The molecule has 1 aliphatic heterocycles. The van der Waals surface area contributed by atoms with Crippen LogP contribution in [0.15, 0.2) is 18.2 Å². The summed E-state index contributed by atoms with van der Waals surface area (Å²) in [6, 6.07) is 3.93. The Balaban J connectivity index is 1.90. The number of benzene rings is 1. The maximum Gasteiger partial charge on any atom is 0.322 e. The number of nitro benzene ring substituents is 1. The fraction of sp³-hybridized carbons (Fsp3) is 0.333. The predicted octanol–water partition coefficient (Wildman–Crippen LogP) is 1.07. The number of carbonyl (C=O) groups is 1.